The molecule has 0 aliphatic rings. The van der Waals surface area contributed by atoms with Crippen molar-refractivity contribution in [3.05, 3.63) is 29.0 Å². The van der Waals surface area contributed by atoms with E-state index in [9.17, 15) is 9.18 Å². The van der Waals surface area contributed by atoms with Gasteiger partial charge in [0.1, 0.15) is 5.82 Å². The monoisotopic (exact) mass is 258 g/mol. The van der Waals surface area contributed by atoms with E-state index in [1.807, 2.05) is 20.8 Å². The number of carbonyl (C=O) groups is 1. The van der Waals surface area contributed by atoms with Gasteiger partial charge in [0.05, 0.1) is 11.6 Å². The van der Waals surface area contributed by atoms with E-state index in [1.165, 1.54) is 12.1 Å². The molecule has 17 heavy (non-hydrogen) atoms. The zero-order valence-electron chi connectivity index (χ0n) is 10.1. The molecule has 0 saturated heterocycles. The SMILES string of the molecule is CC(C)(C)NCC(=O)Nc1ccc(Cl)c(F)c1. The van der Waals surface area contributed by atoms with Crippen molar-refractivity contribution in [3.63, 3.8) is 0 Å². The van der Waals surface area contributed by atoms with Crippen molar-refractivity contribution in [2.75, 3.05) is 11.9 Å². The number of nitrogens with one attached hydrogen (secondary N) is 2. The topological polar surface area (TPSA) is 41.1 Å². The van der Waals surface area contributed by atoms with Crippen LogP contribution < -0.4 is 10.6 Å². The van der Waals surface area contributed by atoms with Crippen molar-refractivity contribution in [2.24, 2.45) is 0 Å². The third-order valence-corrected chi connectivity index (χ3v) is 2.29. The highest BCUT2D eigenvalue weighted by Gasteiger charge is 2.11. The highest BCUT2D eigenvalue weighted by molar-refractivity contribution is 6.30. The van der Waals surface area contributed by atoms with Crippen LogP contribution in [0.25, 0.3) is 0 Å². The molecule has 2 N–H and O–H groups in total. The molecular formula is C12H16ClFN2O. The van der Waals surface area contributed by atoms with E-state index in [0.717, 1.165) is 0 Å². The van der Waals surface area contributed by atoms with Crippen LogP contribution in [0.2, 0.25) is 5.02 Å². The fourth-order valence-electron chi connectivity index (χ4n) is 1.12. The quantitative estimate of drug-likeness (QED) is 0.875. The maximum absolute atomic E-state index is 13.1. The molecule has 5 heteroatoms. The Morgan fingerprint density at radius 3 is 2.59 bits per heavy atom. The van der Waals surface area contributed by atoms with Crippen LogP contribution in [0.4, 0.5) is 10.1 Å². The van der Waals surface area contributed by atoms with Crippen molar-refractivity contribution in [3.8, 4) is 0 Å². The van der Waals surface area contributed by atoms with Crippen LogP contribution in [0.5, 0.6) is 0 Å². The lowest BCUT2D eigenvalue weighted by Crippen LogP contribution is -2.41. The van der Waals surface area contributed by atoms with Crippen molar-refractivity contribution >= 4 is 23.2 Å². The molecule has 0 heterocycles. The molecular weight excluding hydrogens is 243 g/mol. The Labute approximate surface area is 105 Å². The summed E-state index contributed by atoms with van der Waals surface area (Å²) in [6.45, 7) is 6.06. The van der Waals surface area contributed by atoms with Crippen LogP contribution in [-0.4, -0.2) is 18.0 Å². The summed E-state index contributed by atoms with van der Waals surface area (Å²) in [7, 11) is 0. The lowest BCUT2D eigenvalue weighted by Gasteiger charge is -2.20. The van der Waals surface area contributed by atoms with E-state index in [0.29, 0.717) is 5.69 Å². The molecule has 0 radical (unpaired) electrons. The maximum Gasteiger partial charge on any atom is 0.238 e. The average molecular weight is 259 g/mol. The second-order valence-electron chi connectivity index (χ2n) is 4.78. The lowest BCUT2D eigenvalue weighted by molar-refractivity contribution is -0.115. The molecule has 0 spiro atoms. The third-order valence-electron chi connectivity index (χ3n) is 1.98. The van der Waals surface area contributed by atoms with E-state index in [1.54, 1.807) is 6.07 Å². The summed E-state index contributed by atoms with van der Waals surface area (Å²) in [5.74, 6) is -0.769. The van der Waals surface area contributed by atoms with E-state index < -0.39 is 5.82 Å². The van der Waals surface area contributed by atoms with Gasteiger partial charge >= 0.3 is 0 Å². The predicted octanol–water partition coefficient (Wildman–Crippen LogP) is 2.81. The highest BCUT2D eigenvalue weighted by Crippen LogP contribution is 2.18. The second-order valence-corrected chi connectivity index (χ2v) is 5.19. The van der Waals surface area contributed by atoms with Crippen molar-refractivity contribution in [1.29, 1.82) is 0 Å². The van der Waals surface area contributed by atoms with Gasteiger partial charge in [-0.3, -0.25) is 4.79 Å². The molecule has 94 valence electrons. The fraction of sp³-hybridized carbons (Fsp3) is 0.417. The Morgan fingerprint density at radius 2 is 2.06 bits per heavy atom. The van der Waals surface area contributed by atoms with Gasteiger partial charge in [-0.15, -0.1) is 0 Å². The highest BCUT2D eigenvalue weighted by atomic mass is 35.5. The van der Waals surface area contributed by atoms with E-state index in [2.05, 4.69) is 10.6 Å². The molecule has 0 unspecified atom stereocenters. The van der Waals surface area contributed by atoms with Gasteiger partial charge in [-0.1, -0.05) is 11.6 Å². The van der Waals surface area contributed by atoms with Gasteiger partial charge in [0.25, 0.3) is 0 Å². The van der Waals surface area contributed by atoms with Crippen molar-refractivity contribution < 1.29 is 9.18 Å². The fourth-order valence-corrected chi connectivity index (χ4v) is 1.24. The van der Waals surface area contributed by atoms with Crippen LogP contribution in [0, 0.1) is 5.82 Å². The normalized spacial score (nSPS) is 11.4. The molecule has 3 nitrogen and oxygen atoms in total. The first-order valence-electron chi connectivity index (χ1n) is 5.28. The Kier molecular flexibility index (Phi) is 4.48. The number of hydrogen-bond acceptors (Lipinski definition) is 2. The first-order chi connectivity index (χ1) is 7.78. The van der Waals surface area contributed by atoms with Gasteiger partial charge in [-0.05, 0) is 39.0 Å². The van der Waals surface area contributed by atoms with E-state index >= 15 is 0 Å². The van der Waals surface area contributed by atoms with Crippen LogP contribution >= 0.6 is 11.6 Å². The molecule has 0 atom stereocenters. The number of halogens is 2. The molecule has 1 aromatic carbocycles. The number of anilines is 1. The van der Waals surface area contributed by atoms with Crippen LogP contribution in [0.15, 0.2) is 18.2 Å². The molecule has 0 aliphatic carbocycles. The standard InChI is InChI=1S/C12H16ClFN2O/c1-12(2,3)15-7-11(17)16-8-4-5-9(13)10(14)6-8/h4-6,15H,7H2,1-3H3,(H,16,17). The molecule has 0 fully saturated rings. The summed E-state index contributed by atoms with van der Waals surface area (Å²) in [5.41, 5.74) is 0.260. The minimum atomic E-state index is -0.548. The van der Waals surface area contributed by atoms with Gasteiger partial charge in [-0.25, -0.2) is 4.39 Å². The minimum absolute atomic E-state index is 0.0378. The van der Waals surface area contributed by atoms with Crippen molar-refractivity contribution in [1.82, 2.24) is 5.32 Å². The lowest BCUT2D eigenvalue weighted by atomic mass is 10.1. The Hall–Kier alpha value is -1.13. The Bertz CT molecular complexity index is 415. The van der Waals surface area contributed by atoms with Gasteiger partial charge in [0, 0.05) is 11.2 Å². The van der Waals surface area contributed by atoms with Crippen molar-refractivity contribution in [2.45, 2.75) is 26.3 Å². The zero-order valence-corrected chi connectivity index (χ0v) is 10.9. The number of benzene rings is 1. The van der Waals surface area contributed by atoms with Crippen LogP contribution in [-0.2, 0) is 4.79 Å². The smallest absolute Gasteiger partial charge is 0.238 e. The maximum atomic E-state index is 13.1. The van der Waals surface area contributed by atoms with Gasteiger partial charge in [0.15, 0.2) is 0 Å². The first-order valence-corrected chi connectivity index (χ1v) is 5.66. The molecule has 1 aromatic rings. The summed E-state index contributed by atoms with van der Waals surface area (Å²) in [6, 6.07) is 4.15. The summed E-state index contributed by atoms with van der Waals surface area (Å²) in [6.07, 6.45) is 0. The predicted molar refractivity (Wildman–Crippen MR) is 67.8 cm³/mol. The largest absolute Gasteiger partial charge is 0.325 e. The molecule has 0 aromatic heterocycles. The number of hydrogen-bond donors (Lipinski definition) is 2. The first kappa shape index (κ1) is 13.9. The summed E-state index contributed by atoms with van der Waals surface area (Å²) >= 11 is 5.54. The van der Waals surface area contributed by atoms with E-state index in [4.69, 9.17) is 11.6 Å². The number of rotatable bonds is 3. The van der Waals surface area contributed by atoms with Gasteiger partial charge in [-0.2, -0.15) is 0 Å². The molecule has 0 aliphatic heterocycles. The van der Waals surface area contributed by atoms with Crippen LogP contribution in [0.3, 0.4) is 0 Å². The van der Waals surface area contributed by atoms with Gasteiger partial charge < -0.3 is 10.6 Å². The zero-order chi connectivity index (χ0) is 13.1. The Balaban J connectivity index is 2.54. The number of amides is 1. The molecule has 0 bridgehead atoms. The summed E-state index contributed by atoms with van der Waals surface area (Å²) < 4.78 is 13.1. The molecule has 0 saturated carbocycles. The number of carbonyl (C=O) groups excluding carboxylic acids is 1. The molecule has 1 amide bonds. The molecule has 1 rings (SSSR count). The third kappa shape index (κ3) is 5.15. The summed E-state index contributed by atoms with van der Waals surface area (Å²) in [4.78, 5) is 11.5. The Morgan fingerprint density at radius 1 is 1.41 bits per heavy atom. The summed E-state index contributed by atoms with van der Waals surface area (Å²) in [5, 5.41) is 5.66. The van der Waals surface area contributed by atoms with Crippen LogP contribution in [0.1, 0.15) is 20.8 Å². The van der Waals surface area contributed by atoms with Gasteiger partial charge in [0.2, 0.25) is 5.91 Å². The average Bonchev–Trinajstić information content (AvgIpc) is 2.20. The second kappa shape index (κ2) is 5.47. The minimum Gasteiger partial charge on any atom is -0.325 e. The van der Waals surface area contributed by atoms with E-state index in [-0.39, 0.29) is 23.0 Å².